The van der Waals surface area contributed by atoms with Crippen LogP contribution in [0.15, 0.2) is 11.2 Å². The molecule has 1 spiro atoms. The summed E-state index contributed by atoms with van der Waals surface area (Å²) in [6.07, 6.45) is 8.44. The summed E-state index contributed by atoms with van der Waals surface area (Å²) < 4.78 is 6.53. The minimum Gasteiger partial charge on any atom is -0.468 e. The van der Waals surface area contributed by atoms with Crippen molar-refractivity contribution in [2.75, 3.05) is 33.0 Å². The van der Waals surface area contributed by atoms with E-state index in [9.17, 15) is 4.79 Å². The van der Waals surface area contributed by atoms with Gasteiger partial charge in [-0.3, -0.25) is 9.79 Å². The maximum Gasteiger partial charge on any atom is 0.327 e. The van der Waals surface area contributed by atoms with Crippen molar-refractivity contribution in [1.82, 2.24) is 25.2 Å². The molecule has 1 aromatic rings. The van der Waals surface area contributed by atoms with E-state index < -0.39 is 0 Å². The van der Waals surface area contributed by atoms with Gasteiger partial charge in [0, 0.05) is 30.6 Å². The Balaban J connectivity index is 0.00000261. The number of methoxy groups -OCH3 is 1. The van der Waals surface area contributed by atoms with Crippen LogP contribution in [0.3, 0.4) is 0 Å². The third kappa shape index (κ3) is 5.97. The minimum absolute atomic E-state index is 0. The van der Waals surface area contributed by atoms with Gasteiger partial charge < -0.3 is 15.0 Å². The highest BCUT2D eigenvalue weighted by Gasteiger charge is 2.38. The van der Waals surface area contributed by atoms with E-state index in [1.807, 2.05) is 7.05 Å². The van der Waals surface area contributed by atoms with Crippen LogP contribution < -0.4 is 5.32 Å². The summed E-state index contributed by atoms with van der Waals surface area (Å²) in [6, 6.07) is 0. The van der Waals surface area contributed by atoms with E-state index in [0.717, 1.165) is 30.5 Å². The van der Waals surface area contributed by atoms with Crippen molar-refractivity contribution in [1.29, 1.82) is 0 Å². The molecule has 1 aliphatic carbocycles. The smallest absolute Gasteiger partial charge is 0.327 e. The zero-order chi connectivity index (χ0) is 18.4. The van der Waals surface area contributed by atoms with Gasteiger partial charge in [-0.05, 0) is 12.8 Å². The van der Waals surface area contributed by atoms with Crippen molar-refractivity contribution in [3.05, 3.63) is 11.9 Å². The first-order valence-corrected chi connectivity index (χ1v) is 10.2. The lowest BCUT2D eigenvalue weighted by Crippen LogP contribution is -2.53. The Morgan fingerprint density at radius 3 is 2.89 bits per heavy atom. The van der Waals surface area contributed by atoms with Gasteiger partial charge in [-0.2, -0.15) is 11.8 Å². The van der Waals surface area contributed by atoms with Crippen molar-refractivity contribution in [3.63, 3.8) is 0 Å². The molecule has 0 atom stereocenters. The second kappa shape index (κ2) is 10.5. The van der Waals surface area contributed by atoms with Crippen molar-refractivity contribution in [2.24, 2.45) is 4.99 Å². The molecule has 1 saturated carbocycles. The maximum atomic E-state index is 11.3. The fourth-order valence-electron chi connectivity index (χ4n) is 3.72. The Bertz CT molecular complexity index is 642. The number of guanidine groups is 1. The number of carbonyl (C=O) groups is 1. The van der Waals surface area contributed by atoms with Crippen molar-refractivity contribution in [3.8, 4) is 0 Å². The Labute approximate surface area is 181 Å². The number of thioether (sulfide) groups is 1. The highest BCUT2D eigenvalue weighted by molar-refractivity contribution is 14.0. The molecule has 8 nitrogen and oxygen atoms in total. The van der Waals surface area contributed by atoms with Crippen molar-refractivity contribution < 1.29 is 9.53 Å². The number of rotatable bonds is 4. The third-order valence-corrected chi connectivity index (χ3v) is 6.59. The van der Waals surface area contributed by atoms with Crippen molar-refractivity contribution in [2.45, 2.75) is 49.9 Å². The summed E-state index contributed by atoms with van der Waals surface area (Å²) in [5.74, 6) is 1.72. The number of nitrogens with zero attached hydrogens (tertiary/aromatic N) is 5. The highest BCUT2D eigenvalue weighted by Crippen LogP contribution is 2.42. The zero-order valence-corrected chi connectivity index (χ0v) is 19.2. The van der Waals surface area contributed by atoms with Crippen LogP contribution in [0.1, 0.15) is 37.8 Å². The van der Waals surface area contributed by atoms with E-state index in [-0.39, 0.29) is 36.5 Å². The second-order valence-corrected chi connectivity index (χ2v) is 8.46. The highest BCUT2D eigenvalue weighted by atomic mass is 127. The summed E-state index contributed by atoms with van der Waals surface area (Å²) >= 11 is 2.15. The number of esters is 1. The fraction of sp³-hybridized carbons (Fsp3) is 0.765. The van der Waals surface area contributed by atoms with Gasteiger partial charge in [-0.15, -0.1) is 29.1 Å². The number of ether oxygens (including phenoxy) is 1. The van der Waals surface area contributed by atoms with Crippen molar-refractivity contribution >= 4 is 47.7 Å². The number of nitrogens with one attached hydrogen (secondary N) is 1. The second-order valence-electron chi connectivity index (χ2n) is 6.90. The Hall–Kier alpha value is -1.04. The monoisotopic (exact) mass is 508 g/mol. The molecule has 10 heteroatoms. The van der Waals surface area contributed by atoms with Gasteiger partial charge >= 0.3 is 5.97 Å². The van der Waals surface area contributed by atoms with Gasteiger partial charge in [0.05, 0.1) is 19.9 Å². The van der Waals surface area contributed by atoms with Crippen LogP contribution in [0.4, 0.5) is 0 Å². The average Bonchev–Trinajstić information content (AvgIpc) is 3.10. The first kappa shape index (κ1) is 22.3. The Morgan fingerprint density at radius 2 is 2.19 bits per heavy atom. The number of halogens is 1. The summed E-state index contributed by atoms with van der Waals surface area (Å²) in [4.78, 5) is 18.1. The molecule has 3 rings (SSSR count). The topological polar surface area (TPSA) is 84.6 Å². The van der Waals surface area contributed by atoms with Gasteiger partial charge in [0.15, 0.2) is 5.96 Å². The predicted octanol–water partition coefficient (Wildman–Crippen LogP) is 1.90. The van der Waals surface area contributed by atoms with Gasteiger partial charge in [-0.25, -0.2) is 4.68 Å². The molecule has 27 heavy (non-hydrogen) atoms. The lowest BCUT2D eigenvalue weighted by Gasteiger charge is -2.45. The first-order chi connectivity index (χ1) is 12.6. The number of aromatic nitrogens is 3. The molecule has 1 N–H and O–H groups in total. The number of hydrogen-bond donors (Lipinski definition) is 1. The molecular formula is C17H29IN6O2S. The van der Waals surface area contributed by atoms with Crippen LogP contribution in [0.25, 0.3) is 0 Å². The summed E-state index contributed by atoms with van der Waals surface area (Å²) in [6.45, 7) is 2.68. The molecule has 0 unspecified atom stereocenters. The number of aliphatic imine (C=N–C) groups is 1. The van der Waals surface area contributed by atoms with Gasteiger partial charge in [0.25, 0.3) is 0 Å². The molecule has 1 aliphatic heterocycles. The van der Waals surface area contributed by atoms with Crippen LogP contribution in [-0.2, 0) is 22.6 Å². The molecule has 0 aromatic carbocycles. The van der Waals surface area contributed by atoms with E-state index in [0.29, 0.717) is 11.3 Å². The zero-order valence-electron chi connectivity index (χ0n) is 16.0. The third-order valence-electron chi connectivity index (χ3n) is 5.06. The summed E-state index contributed by atoms with van der Waals surface area (Å²) in [5, 5.41) is 11.5. The molecule has 2 heterocycles. The largest absolute Gasteiger partial charge is 0.468 e. The fourth-order valence-corrected chi connectivity index (χ4v) is 5.29. The van der Waals surface area contributed by atoms with E-state index in [1.165, 1.54) is 43.9 Å². The average molecular weight is 508 g/mol. The van der Waals surface area contributed by atoms with E-state index in [4.69, 9.17) is 0 Å². The Morgan fingerprint density at radius 1 is 1.41 bits per heavy atom. The van der Waals surface area contributed by atoms with Crippen LogP contribution in [0, 0.1) is 0 Å². The van der Waals surface area contributed by atoms with E-state index >= 15 is 0 Å². The lowest BCUT2D eigenvalue weighted by molar-refractivity contribution is -0.141. The molecule has 1 saturated heterocycles. The molecule has 1 aromatic heterocycles. The van der Waals surface area contributed by atoms with E-state index in [1.54, 1.807) is 6.20 Å². The van der Waals surface area contributed by atoms with Gasteiger partial charge in [0.2, 0.25) is 0 Å². The van der Waals surface area contributed by atoms with Gasteiger partial charge in [-0.1, -0.05) is 24.5 Å². The lowest BCUT2D eigenvalue weighted by atomic mass is 9.87. The van der Waals surface area contributed by atoms with Crippen LogP contribution in [0.2, 0.25) is 0 Å². The molecule has 2 aliphatic rings. The maximum absolute atomic E-state index is 11.3. The molecule has 152 valence electrons. The predicted molar refractivity (Wildman–Crippen MR) is 117 cm³/mol. The van der Waals surface area contributed by atoms with E-state index in [2.05, 4.69) is 42.0 Å². The summed E-state index contributed by atoms with van der Waals surface area (Å²) in [7, 11) is 3.19. The molecule has 0 bridgehead atoms. The molecule has 0 amide bonds. The first-order valence-electron chi connectivity index (χ1n) is 9.19. The number of hydrogen-bond acceptors (Lipinski definition) is 6. The standard InChI is InChI=1S/C17H28N6O2S.HI/c1-18-16(19-10-14-11-23(21-20-14)12-15(24)25-2)22-8-9-26-17(13-22)6-4-3-5-7-17;/h11H,3-10,12-13H2,1-2H3,(H,18,19);1H. The Kier molecular flexibility index (Phi) is 8.64. The quantitative estimate of drug-likeness (QED) is 0.288. The molecule has 2 fully saturated rings. The van der Waals surface area contributed by atoms with Crippen LogP contribution in [0.5, 0.6) is 0 Å². The minimum atomic E-state index is -0.339. The molecular weight excluding hydrogens is 479 g/mol. The van der Waals surface area contributed by atoms with Crippen LogP contribution >= 0.6 is 35.7 Å². The SMILES string of the molecule is CN=C(NCc1cn(CC(=O)OC)nn1)N1CCSC2(CCCCC2)C1.I. The number of carbonyl (C=O) groups excluding carboxylic acids is 1. The molecule has 0 radical (unpaired) electrons. The van der Waals surface area contributed by atoms with Crippen LogP contribution in [-0.4, -0.2) is 69.6 Å². The van der Waals surface area contributed by atoms with Gasteiger partial charge in [0.1, 0.15) is 12.2 Å². The normalized spacial score (nSPS) is 19.5. The summed E-state index contributed by atoms with van der Waals surface area (Å²) in [5.41, 5.74) is 0.772.